The molecule has 0 aromatic heterocycles. The maximum absolute atomic E-state index is 14.0. The van der Waals surface area contributed by atoms with Crippen molar-refractivity contribution in [1.82, 2.24) is 0 Å². The molecule has 1 fully saturated rings. The van der Waals surface area contributed by atoms with Crippen molar-refractivity contribution in [3.05, 3.63) is 34.1 Å². The smallest absolute Gasteiger partial charge is 0.142 e. The van der Waals surface area contributed by atoms with E-state index in [2.05, 4.69) is 22.9 Å². The number of benzene rings is 1. The predicted molar refractivity (Wildman–Crippen MR) is 72.2 cm³/mol. The van der Waals surface area contributed by atoms with E-state index in [0.717, 1.165) is 18.8 Å². The number of halogens is 2. The van der Waals surface area contributed by atoms with Gasteiger partial charge >= 0.3 is 0 Å². The maximum Gasteiger partial charge on any atom is 0.142 e. The van der Waals surface area contributed by atoms with Gasteiger partial charge in [-0.25, -0.2) is 4.39 Å². The normalized spacial score (nSPS) is 26.8. The summed E-state index contributed by atoms with van der Waals surface area (Å²) in [4.78, 5) is 0. The third kappa shape index (κ3) is 2.89. The highest BCUT2D eigenvalue weighted by molar-refractivity contribution is 9.10. The highest BCUT2D eigenvalue weighted by Gasteiger charge is 2.27. The Hall–Kier alpha value is -0.410. The largest absolute Gasteiger partial charge is 0.324 e. The van der Waals surface area contributed by atoms with Gasteiger partial charge in [-0.15, -0.1) is 0 Å². The molecule has 94 valence electrons. The summed E-state index contributed by atoms with van der Waals surface area (Å²) in [5.74, 6) is 0.941. The van der Waals surface area contributed by atoms with Crippen molar-refractivity contribution in [3.63, 3.8) is 0 Å². The SMILES string of the molecule is CC1CCCC(C(N)c2cccc(Br)c2F)C1. The van der Waals surface area contributed by atoms with Crippen molar-refractivity contribution < 1.29 is 4.39 Å². The second kappa shape index (κ2) is 5.49. The fourth-order valence-corrected chi connectivity index (χ4v) is 3.22. The Morgan fingerprint density at radius 3 is 2.88 bits per heavy atom. The van der Waals surface area contributed by atoms with E-state index in [1.165, 1.54) is 12.8 Å². The van der Waals surface area contributed by atoms with E-state index in [1.54, 1.807) is 6.07 Å². The molecule has 0 saturated heterocycles. The zero-order valence-electron chi connectivity index (χ0n) is 10.1. The summed E-state index contributed by atoms with van der Waals surface area (Å²) in [5.41, 5.74) is 6.89. The Morgan fingerprint density at radius 1 is 1.41 bits per heavy atom. The highest BCUT2D eigenvalue weighted by atomic mass is 79.9. The van der Waals surface area contributed by atoms with Gasteiger partial charge in [0.25, 0.3) is 0 Å². The number of rotatable bonds is 2. The molecule has 1 aliphatic carbocycles. The lowest BCUT2D eigenvalue weighted by Crippen LogP contribution is -2.27. The molecular weight excluding hydrogens is 281 g/mol. The van der Waals surface area contributed by atoms with Crippen LogP contribution in [0.2, 0.25) is 0 Å². The Kier molecular flexibility index (Phi) is 4.21. The van der Waals surface area contributed by atoms with Crippen molar-refractivity contribution in [2.75, 3.05) is 0 Å². The summed E-state index contributed by atoms with van der Waals surface area (Å²) in [6.45, 7) is 2.26. The molecular formula is C14H19BrFN. The molecule has 2 N–H and O–H groups in total. The first-order valence-electron chi connectivity index (χ1n) is 6.29. The Bertz CT molecular complexity index is 394. The molecule has 1 aromatic rings. The van der Waals surface area contributed by atoms with Gasteiger partial charge in [0, 0.05) is 11.6 Å². The predicted octanol–water partition coefficient (Wildman–Crippen LogP) is 4.41. The van der Waals surface area contributed by atoms with Gasteiger partial charge in [-0.1, -0.05) is 31.9 Å². The summed E-state index contributed by atoms with van der Waals surface area (Å²) in [7, 11) is 0. The minimum atomic E-state index is -0.196. The minimum Gasteiger partial charge on any atom is -0.324 e. The molecule has 3 heteroatoms. The topological polar surface area (TPSA) is 26.0 Å². The van der Waals surface area contributed by atoms with Crippen LogP contribution in [0.4, 0.5) is 4.39 Å². The molecule has 0 radical (unpaired) electrons. The van der Waals surface area contributed by atoms with Crippen LogP contribution in [0.15, 0.2) is 22.7 Å². The van der Waals surface area contributed by atoms with Crippen molar-refractivity contribution in [2.24, 2.45) is 17.6 Å². The van der Waals surface area contributed by atoms with E-state index in [9.17, 15) is 4.39 Å². The van der Waals surface area contributed by atoms with Gasteiger partial charge in [0.05, 0.1) is 4.47 Å². The van der Waals surface area contributed by atoms with Crippen LogP contribution in [0, 0.1) is 17.7 Å². The molecule has 3 atom stereocenters. The van der Waals surface area contributed by atoms with Crippen LogP contribution >= 0.6 is 15.9 Å². The molecule has 17 heavy (non-hydrogen) atoms. The van der Waals surface area contributed by atoms with E-state index in [0.29, 0.717) is 16.0 Å². The lowest BCUT2D eigenvalue weighted by Gasteiger charge is -2.31. The summed E-state index contributed by atoms with van der Waals surface area (Å²) < 4.78 is 14.5. The zero-order valence-corrected chi connectivity index (χ0v) is 11.7. The molecule has 1 nitrogen and oxygen atoms in total. The van der Waals surface area contributed by atoms with E-state index in [1.807, 2.05) is 12.1 Å². The van der Waals surface area contributed by atoms with Crippen molar-refractivity contribution in [3.8, 4) is 0 Å². The van der Waals surface area contributed by atoms with Crippen LogP contribution in [0.3, 0.4) is 0 Å². The lowest BCUT2D eigenvalue weighted by atomic mass is 9.77. The van der Waals surface area contributed by atoms with Gasteiger partial charge in [-0.05, 0) is 46.7 Å². The van der Waals surface area contributed by atoms with Crippen LogP contribution < -0.4 is 5.73 Å². The minimum absolute atomic E-state index is 0.171. The lowest BCUT2D eigenvalue weighted by molar-refractivity contribution is 0.245. The molecule has 1 aromatic carbocycles. The molecule has 1 aliphatic rings. The molecule has 0 aliphatic heterocycles. The molecule has 0 amide bonds. The average Bonchev–Trinajstić information content (AvgIpc) is 2.32. The van der Waals surface area contributed by atoms with Gasteiger partial charge in [0.1, 0.15) is 5.82 Å². The van der Waals surface area contributed by atoms with Gasteiger partial charge in [-0.3, -0.25) is 0 Å². The van der Waals surface area contributed by atoms with Crippen molar-refractivity contribution in [1.29, 1.82) is 0 Å². The first kappa shape index (κ1) is 13.0. The molecule has 0 spiro atoms. The quantitative estimate of drug-likeness (QED) is 0.860. The second-order valence-corrected chi connectivity index (χ2v) is 6.06. The van der Waals surface area contributed by atoms with Crippen LogP contribution in [0.1, 0.15) is 44.2 Å². The van der Waals surface area contributed by atoms with Crippen LogP contribution in [-0.2, 0) is 0 Å². The Morgan fingerprint density at radius 2 is 2.18 bits per heavy atom. The van der Waals surface area contributed by atoms with E-state index in [-0.39, 0.29) is 11.9 Å². The van der Waals surface area contributed by atoms with E-state index < -0.39 is 0 Å². The molecule has 1 saturated carbocycles. The number of nitrogens with two attached hydrogens (primary N) is 1. The van der Waals surface area contributed by atoms with E-state index in [4.69, 9.17) is 5.73 Å². The summed E-state index contributed by atoms with van der Waals surface area (Å²) in [5, 5.41) is 0. The van der Waals surface area contributed by atoms with Gasteiger partial charge in [0.15, 0.2) is 0 Å². The molecule has 0 heterocycles. The van der Waals surface area contributed by atoms with Crippen molar-refractivity contribution >= 4 is 15.9 Å². The van der Waals surface area contributed by atoms with Crippen LogP contribution in [0.25, 0.3) is 0 Å². The highest BCUT2D eigenvalue weighted by Crippen LogP contribution is 2.37. The summed E-state index contributed by atoms with van der Waals surface area (Å²) >= 11 is 3.22. The third-order valence-corrected chi connectivity index (χ3v) is 4.44. The van der Waals surface area contributed by atoms with Crippen LogP contribution in [-0.4, -0.2) is 0 Å². The summed E-state index contributed by atoms with van der Waals surface area (Å²) in [6.07, 6.45) is 4.74. The fraction of sp³-hybridized carbons (Fsp3) is 0.571. The average molecular weight is 300 g/mol. The second-order valence-electron chi connectivity index (χ2n) is 5.20. The monoisotopic (exact) mass is 299 g/mol. The van der Waals surface area contributed by atoms with Gasteiger partial charge < -0.3 is 5.73 Å². The molecule has 3 unspecified atom stereocenters. The summed E-state index contributed by atoms with van der Waals surface area (Å²) in [6, 6.07) is 5.21. The molecule has 2 rings (SSSR count). The first-order valence-corrected chi connectivity index (χ1v) is 7.08. The Labute approximate surface area is 111 Å². The fourth-order valence-electron chi connectivity index (χ4n) is 2.84. The Balaban J connectivity index is 2.18. The molecule has 0 bridgehead atoms. The van der Waals surface area contributed by atoms with Gasteiger partial charge in [-0.2, -0.15) is 0 Å². The number of hydrogen-bond donors (Lipinski definition) is 1. The maximum atomic E-state index is 14.0. The third-order valence-electron chi connectivity index (χ3n) is 3.83. The van der Waals surface area contributed by atoms with E-state index >= 15 is 0 Å². The van der Waals surface area contributed by atoms with Gasteiger partial charge in [0.2, 0.25) is 0 Å². The number of hydrogen-bond acceptors (Lipinski definition) is 1. The van der Waals surface area contributed by atoms with Crippen LogP contribution in [0.5, 0.6) is 0 Å². The zero-order chi connectivity index (χ0) is 12.4. The van der Waals surface area contributed by atoms with Crippen molar-refractivity contribution in [2.45, 2.75) is 38.6 Å². The first-order chi connectivity index (χ1) is 8.09. The standard InChI is InChI=1S/C14H19BrFN/c1-9-4-2-5-10(8-9)14(17)11-6-3-7-12(15)13(11)16/h3,6-7,9-10,14H,2,4-5,8,17H2,1H3.